The van der Waals surface area contributed by atoms with E-state index in [0.29, 0.717) is 5.41 Å². The molecule has 0 bridgehead atoms. The Hall–Kier alpha value is -0.0800. The van der Waals surface area contributed by atoms with E-state index in [1.165, 1.54) is 44.9 Å². The van der Waals surface area contributed by atoms with Gasteiger partial charge in [-0.1, -0.05) is 32.6 Å². The summed E-state index contributed by atoms with van der Waals surface area (Å²) < 4.78 is 5.60. The minimum atomic E-state index is 0.407. The van der Waals surface area contributed by atoms with Crippen molar-refractivity contribution in [1.82, 2.24) is 0 Å². The molecule has 0 aromatic heterocycles. The summed E-state index contributed by atoms with van der Waals surface area (Å²) in [4.78, 5) is 0. The van der Waals surface area contributed by atoms with Gasteiger partial charge in [0.1, 0.15) is 0 Å². The maximum atomic E-state index is 5.97. The van der Waals surface area contributed by atoms with Gasteiger partial charge in [0.25, 0.3) is 0 Å². The van der Waals surface area contributed by atoms with Crippen LogP contribution in [0.1, 0.15) is 58.3 Å². The molecule has 0 radical (unpaired) electrons. The van der Waals surface area contributed by atoms with Crippen LogP contribution in [0.15, 0.2) is 0 Å². The zero-order chi connectivity index (χ0) is 11.0. The average molecular weight is 213 g/mol. The summed E-state index contributed by atoms with van der Waals surface area (Å²) in [6, 6.07) is 0. The predicted molar refractivity (Wildman–Crippen MR) is 64.9 cm³/mol. The van der Waals surface area contributed by atoms with Crippen LogP contribution in [0, 0.1) is 5.41 Å². The molecular weight excluding hydrogens is 186 g/mol. The van der Waals surface area contributed by atoms with Crippen LogP contribution >= 0.6 is 0 Å². The molecule has 2 N–H and O–H groups in total. The Balaban J connectivity index is 2.29. The number of ether oxygens (including phenoxy) is 1. The third kappa shape index (κ3) is 4.52. The number of rotatable bonds is 6. The van der Waals surface area contributed by atoms with E-state index >= 15 is 0 Å². The van der Waals surface area contributed by atoms with E-state index in [4.69, 9.17) is 10.5 Å². The van der Waals surface area contributed by atoms with Crippen LogP contribution in [-0.4, -0.2) is 19.8 Å². The third-order valence-corrected chi connectivity index (χ3v) is 3.72. The lowest BCUT2D eigenvalue weighted by Gasteiger charge is -2.31. The van der Waals surface area contributed by atoms with Crippen molar-refractivity contribution < 1.29 is 4.74 Å². The molecule has 1 aliphatic carbocycles. The fourth-order valence-corrected chi connectivity index (χ4v) is 2.57. The summed E-state index contributed by atoms with van der Waals surface area (Å²) in [7, 11) is 0. The molecule has 0 atom stereocenters. The Bertz CT molecular complexity index is 151. The molecule has 0 aromatic carbocycles. The smallest absolute Gasteiger partial charge is 0.0471 e. The zero-order valence-corrected chi connectivity index (χ0v) is 10.3. The van der Waals surface area contributed by atoms with Gasteiger partial charge < -0.3 is 10.5 Å². The van der Waals surface area contributed by atoms with Gasteiger partial charge in [0.05, 0.1) is 0 Å². The minimum absolute atomic E-state index is 0.407. The molecule has 0 saturated heterocycles. The highest BCUT2D eigenvalue weighted by Crippen LogP contribution is 2.37. The van der Waals surface area contributed by atoms with Gasteiger partial charge >= 0.3 is 0 Å². The summed E-state index contributed by atoms with van der Waals surface area (Å²) in [5.74, 6) is 0. The summed E-state index contributed by atoms with van der Waals surface area (Å²) in [6.07, 6.45) is 10.5. The molecule has 2 heteroatoms. The minimum Gasteiger partial charge on any atom is -0.381 e. The van der Waals surface area contributed by atoms with E-state index < -0.39 is 0 Å². The Morgan fingerprint density at radius 2 is 1.73 bits per heavy atom. The maximum Gasteiger partial charge on any atom is 0.0471 e. The van der Waals surface area contributed by atoms with Gasteiger partial charge in [-0.3, -0.25) is 0 Å². The third-order valence-electron chi connectivity index (χ3n) is 3.72. The van der Waals surface area contributed by atoms with Crippen molar-refractivity contribution in [3.05, 3.63) is 0 Å². The molecule has 2 nitrogen and oxygen atoms in total. The Morgan fingerprint density at radius 1 is 1.07 bits per heavy atom. The number of nitrogens with two attached hydrogens (primary N) is 1. The average Bonchev–Trinajstić information content (AvgIpc) is 2.51. The Morgan fingerprint density at radius 3 is 2.27 bits per heavy atom. The normalized spacial score (nSPS) is 21.2. The van der Waals surface area contributed by atoms with E-state index in [-0.39, 0.29) is 0 Å². The largest absolute Gasteiger partial charge is 0.381 e. The highest BCUT2D eigenvalue weighted by Gasteiger charge is 2.28. The number of hydrogen-bond acceptors (Lipinski definition) is 2. The molecule has 0 aliphatic heterocycles. The van der Waals surface area contributed by atoms with Crippen molar-refractivity contribution in [2.45, 2.75) is 58.3 Å². The van der Waals surface area contributed by atoms with Crippen molar-refractivity contribution in [3.63, 3.8) is 0 Å². The van der Waals surface area contributed by atoms with E-state index in [9.17, 15) is 0 Å². The second kappa shape index (κ2) is 7.24. The van der Waals surface area contributed by atoms with Gasteiger partial charge in [0, 0.05) is 13.2 Å². The maximum absolute atomic E-state index is 5.97. The molecule has 0 amide bonds. The van der Waals surface area contributed by atoms with Gasteiger partial charge in [-0.05, 0) is 37.6 Å². The van der Waals surface area contributed by atoms with Crippen LogP contribution in [0.5, 0.6) is 0 Å². The lowest BCUT2D eigenvalue weighted by molar-refractivity contribution is 0.0890. The first-order chi connectivity index (χ1) is 7.33. The zero-order valence-electron chi connectivity index (χ0n) is 10.3. The molecule has 15 heavy (non-hydrogen) atoms. The second-order valence-electron chi connectivity index (χ2n) is 4.98. The molecule has 1 rings (SSSR count). The standard InChI is InChI=1S/C13H27NO/c1-2-10-15-11-9-13(12-14)7-5-3-4-6-8-13/h2-12,14H2,1H3. The van der Waals surface area contributed by atoms with E-state index in [1.807, 2.05) is 0 Å². The molecule has 0 unspecified atom stereocenters. The number of hydrogen-bond donors (Lipinski definition) is 1. The quantitative estimate of drug-likeness (QED) is 0.543. The van der Waals surface area contributed by atoms with Crippen LogP contribution in [0.25, 0.3) is 0 Å². The lowest BCUT2D eigenvalue weighted by atomic mass is 9.78. The SMILES string of the molecule is CCCOCCC1(CN)CCCCCC1. The molecule has 1 aliphatic rings. The van der Waals surface area contributed by atoms with Crippen molar-refractivity contribution in [2.24, 2.45) is 11.1 Å². The monoisotopic (exact) mass is 213 g/mol. The highest BCUT2D eigenvalue weighted by atomic mass is 16.5. The van der Waals surface area contributed by atoms with Crippen LogP contribution in [-0.2, 0) is 4.74 Å². The summed E-state index contributed by atoms with van der Waals surface area (Å²) >= 11 is 0. The highest BCUT2D eigenvalue weighted by molar-refractivity contribution is 4.82. The van der Waals surface area contributed by atoms with Crippen LogP contribution < -0.4 is 5.73 Å². The topological polar surface area (TPSA) is 35.2 Å². The van der Waals surface area contributed by atoms with Gasteiger partial charge in [-0.25, -0.2) is 0 Å². The van der Waals surface area contributed by atoms with E-state index in [1.54, 1.807) is 0 Å². The summed E-state index contributed by atoms with van der Waals surface area (Å²) in [5.41, 5.74) is 6.37. The van der Waals surface area contributed by atoms with Crippen molar-refractivity contribution in [1.29, 1.82) is 0 Å². The first-order valence-electron chi connectivity index (χ1n) is 6.61. The molecular formula is C13H27NO. The van der Waals surface area contributed by atoms with E-state index in [0.717, 1.165) is 26.2 Å². The summed E-state index contributed by atoms with van der Waals surface area (Å²) in [6.45, 7) is 4.82. The molecule has 0 aromatic rings. The first-order valence-corrected chi connectivity index (χ1v) is 6.61. The lowest BCUT2D eigenvalue weighted by Crippen LogP contribution is -2.31. The fraction of sp³-hybridized carbons (Fsp3) is 1.00. The molecule has 90 valence electrons. The van der Waals surface area contributed by atoms with Crippen LogP contribution in [0.4, 0.5) is 0 Å². The van der Waals surface area contributed by atoms with Crippen molar-refractivity contribution in [2.75, 3.05) is 19.8 Å². The first kappa shape index (κ1) is 13.0. The fourth-order valence-electron chi connectivity index (χ4n) is 2.57. The molecule has 1 saturated carbocycles. The Labute approximate surface area is 94.6 Å². The van der Waals surface area contributed by atoms with Gasteiger partial charge in [-0.15, -0.1) is 0 Å². The molecule has 1 fully saturated rings. The van der Waals surface area contributed by atoms with Gasteiger partial charge in [0.2, 0.25) is 0 Å². The van der Waals surface area contributed by atoms with E-state index in [2.05, 4.69) is 6.92 Å². The Kier molecular flexibility index (Phi) is 6.26. The van der Waals surface area contributed by atoms with Gasteiger partial charge in [0.15, 0.2) is 0 Å². The van der Waals surface area contributed by atoms with Crippen LogP contribution in [0.3, 0.4) is 0 Å². The van der Waals surface area contributed by atoms with Crippen molar-refractivity contribution >= 4 is 0 Å². The van der Waals surface area contributed by atoms with Crippen LogP contribution in [0.2, 0.25) is 0 Å². The van der Waals surface area contributed by atoms with Gasteiger partial charge in [-0.2, -0.15) is 0 Å². The summed E-state index contributed by atoms with van der Waals surface area (Å²) in [5, 5.41) is 0. The predicted octanol–water partition coefficient (Wildman–Crippen LogP) is 3.10. The molecule has 0 heterocycles. The second-order valence-corrected chi connectivity index (χ2v) is 4.98. The van der Waals surface area contributed by atoms with Crippen molar-refractivity contribution in [3.8, 4) is 0 Å². The molecule has 0 spiro atoms.